The average molecular weight is 466 g/mol. The number of amides is 2. The molecule has 3 rings (SSSR count). The summed E-state index contributed by atoms with van der Waals surface area (Å²) in [5.74, 6) is 1.07. The Kier molecular flexibility index (Phi) is 9.95. The third-order valence-corrected chi connectivity index (χ3v) is 6.29. The van der Waals surface area contributed by atoms with Gasteiger partial charge in [0.25, 0.3) is 0 Å². The van der Waals surface area contributed by atoms with E-state index in [1.165, 1.54) is 0 Å². The standard InChI is InChI=1S/C28H39N3O3/c1-22(2)31-20-25-18-23(13-15-28(33)30(3)19-24-10-6-4-7-11-24)12-14-26(25)34-17-9-5-8-16-29-27(32)21-31/h4,6-7,10-12,14,18,22H,5,8-9,13,15-17,19-21H2,1-3H3,(H,29,32). The molecule has 1 N–H and O–H groups in total. The number of rotatable bonds is 6. The Morgan fingerprint density at radius 1 is 1.06 bits per heavy atom. The number of nitrogens with one attached hydrogen (secondary N) is 1. The van der Waals surface area contributed by atoms with Crippen LogP contribution in [0.15, 0.2) is 48.5 Å². The summed E-state index contributed by atoms with van der Waals surface area (Å²) in [7, 11) is 1.86. The normalized spacial score (nSPS) is 15.8. The molecule has 1 aliphatic heterocycles. The summed E-state index contributed by atoms with van der Waals surface area (Å²) >= 11 is 0. The minimum atomic E-state index is 0.0682. The fraction of sp³-hybridized carbons (Fsp3) is 0.500. The number of ether oxygens (including phenoxy) is 1. The van der Waals surface area contributed by atoms with Crippen molar-refractivity contribution >= 4 is 11.8 Å². The fourth-order valence-electron chi connectivity index (χ4n) is 4.13. The summed E-state index contributed by atoms with van der Waals surface area (Å²) in [6.45, 7) is 7.22. The number of fused-ring (bicyclic) bond motifs is 1. The summed E-state index contributed by atoms with van der Waals surface area (Å²) in [5, 5.41) is 3.04. The zero-order valence-electron chi connectivity index (χ0n) is 20.9. The first-order valence-corrected chi connectivity index (χ1v) is 12.5. The van der Waals surface area contributed by atoms with Crippen LogP contribution in [0.1, 0.15) is 56.2 Å². The van der Waals surface area contributed by atoms with Gasteiger partial charge in [0, 0.05) is 44.7 Å². The largest absolute Gasteiger partial charge is 0.493 e. The highest BCUT2D eigenvalue weighted by atomic mass is 16.5. The van der Waals surface area contributed by atoms with Crippen LogP contribution in [0.3, 0.4) is 0 Å². The van der Waals surface area contributed by atoms with Gasteiger partial charge in [-0.05, 0) is 56.7 Å². The van der Waals surface area contributed by atoms with E-state index in [4.69, 9.17) is 4.74 Å². The first kappa shape index (κ1) is 25.8. The molecule has 0 radical (unpaired) electrons. The lowest BCUT2D eigenvalue weighted by Gasteiger charge is -2.27. The molecule has 2 aromatic rings. The first-order valence-electron chi connectivity index (χ1n) is 12.5. The maximum absolute atomic E-state index is 12.7. The van der Waals surface area contributed by atoms with Gasteiger partial charge in [-0.3, -0.25) is 14.5 Å². The van der Waals surface area contributed by atoms with E-state index in [0.717, 1.165) is 41.7 Å². The van der Waals surface area contributed by atoms with E-state index >= 15 is 0 Å². The van der Waals surface area contributed by atoms with Crippen LogP contribution in [0.2, 0.25) is 0 Å². The van der Waals surface area contributed by atoms with Gasteiger partial charge in [0.05, 0.1) is 13.2 Å². The number of nitrogens with zero attached hydrogens (tertiary/aromatic N) is 2. The molecule has 1 heterocycles. The van der Waals surface area contributed by atoms with Crippen molar-refractivity contribution in [3.63, 3.8) is 0 Å². The average Bonchev–Trinajstić information content (AvgIpc) is 2.84. The fourth-order valence-corrected chi connectivity index (χ4v) is 4.13. The molecule has 0 aromatic heterocycles. The van der Waals surface area contributed by atoms with Crippen LogP contribution < -0.4 is 10.1 Å². The van der Waals surface area contributed by atoms with E-state index in [0.29, 0.717) is 45.6 Å². The van der Waals surface area contributed by atoms with Crippen LogP contribution in [0.4, 0.5) is 0 Å². The van der Waals surface area contributed by atoms with Gasteiger partial charge in [-0.15, -0.1) is 0 Å². The molecule has 0 atom stereocenters. The van der Waals surface area contributed by atoms with Crippen molar-refractivity contribution in [2.24, 2.45) is 0 Å². The lowest BCUT2D eigenvalue weighted by Crippen LogP contribution is -2.40. The Bertz CT molecular complexity index is 930. The van der Waals surface area contributed by atoms with Crippen molar-refractivity contribution in [3.8, 4) is 5.75 Å². The number of aryl methyl sites for hydroxylation is 1. The molecular formula is C28H39N3O3. The van der Waals surface area contributed by atoms with Gasteiger partial charge in [-0.1, -0.05) is 42.5 Å². The van der Waals surface area contributed by atoms with Crippen LogP contribution in [0, 0.1) is 0 Å². The van der Waals surface area contributed by atoms with Crippen molar-refractivity contribution < 1.29 is 14.3 Å². The third kappa shape index (κ3) is 8.17. The molecule has 184 valence electrons. The zero-order valence-corrected chi connectivity index (χ0v) is 20.9. The Labute approximate surface area is 204 Å². The summed E-state index contributed by atoms with van der Waals surface area (Å²) in [6.07, 6.45) is 4.09. The maximum atomic E-state index is 12.7. The van der Waals surface area contributed by atoms with Crippen molar-refractivity contribution in [1.29, 1.82) is 0 Å². The smallest absolute Gasteiger partial charge is 0.234 e. The molecule has 34 heavy (non-hydrogen) atoms. The lowest BCUT2D eigenvalue weighted by atomic mass is 10.0. The van der Waals surface area contributed by atoms with Crippen LogP contribution in [0.5, 0.6) is 5.75 Å². The molecule has 0 aliphatic carbocycles. The molecular weight excluding hydrogens is 426 g/mol. The van der Waals surface area contributed by atoms with Gasteiger partial charge in [0.2, 0.25) is 11.8 Å². The second-order valence-electron chi connectivity index (χ2n) is 9.44. The van der Waals surface area contributed by atoms with E-state index in [1.54, 1.807) is 4.90 Å². The number of hydrogen-bond donors (Lipinski definition) is 1. The Morgan fingerprint density at radius 2 is 1.85 bits per heavy atom. The summed E-state index contributed by atoms with van der Waals surface area (Å²) in [4.78, 5) is 29.1. The van der Waals surface area contributed by atoms with Gasteiger partial charge in [-0.2, -0.15) is 0 Å². The van der Waals surface area contributed by atoms with Crippen molar-refractivity contribution in [3.05, 3.63) is 65.2 Å². The monoisotopic (exact) mass is 465 g/mol. The zero-order chi connectivity index (χ0) is 24.3. The highest BCUT2D eigenvalue weighted by molar-refractivity contribution is 5.78. The molecule has 0 fully saturated rings. The molecule has 0 bridgehead atoms. The Hall–Kier alpha value is -2.86. The third-order valence-electron chi connectivity index (χ3n) is 6.29. The predicted molar refractivity (Wildman–Crippen MR) is 136 cm³/mol. The van der Waals surface area contributed by atoms with Crippen molar-refractivity contribution in [2.75, 3.05) is 26.7 Å². The topological polar surface area (TPSA) is 61.9 Å². The van der Waals surface area contributed by atoms with E-state index in [2.05, 4.69) is 36.2 Å². The van der Waals surface area contributed by atoms with Crippen LogP contribution in [-0.2, 0) is 29.1 Å². The van der Waals surface area contributed by atoms with E-state index in [1.807, 2.05) is 43.4 Å². The van der Waals surface area contributed by atoms with Crippen molar-refractivity contribution in [1.82, 2.24) is 15.1 Å². The molecule has 0 spiro atoms. The van der Waals surface area contributed by atoms with E-state index < -0.39 is 0 Å². The first-order chi connectivity index (χ1) is 16.4. The van der Waals surface area contributed by atoms with Gasteiger partial charge in [-0.25, -0.2) is 0 Å². The minimum absolute atomic E-state index is 0.0682. The highest BCUT2D eigenvalue weighted by Gasteiger charge is 2.18. The summed E-state index contributed by atoms with van der Waals surface area (Å²) < 4.78 is 6.13. The minimum Gasteiger partial charge on any atom is -0.493 e. The van der Waals surface area contributed by atoms with Crippen LogP contribution >= 0.6 is 0 Å². The second kappa shape index (κ2) is 13.1. The Balaban J connectivity index is 1.68. The molecule has 0 saturated carbocycles. The second-order valence-corrected chi connectivity index (χ2v) is 9.44. The van der Waals surface area contributed by atoms with E-state index in [-0.39, 0.29) is 17.9 Å². The van der Waals surface area contributed by atoms with E-state index in [9.17, 15) is 9.59 Å². The molecule has 6 nitrogen and oxygen atoms in total. The molecule has 2 aromatic carbocycles. The van der Waals surface area contributed by atoms with Gasteiger partial charge >= 0.3 is 0 Å². The molecule has 0 saturated heterocycles. The number of carbonyl (C=O) groups excluding carboxylic acids is 2. The number of hydrogen-bond acceptors (Lipinski definition) is 4. The molecule has 0 unspecified atom stereocenters. The maximum Gasteiger partial charge on any atom is 0.234 e. The molecule has 1 aliphatic rings. The van der Waals surface area contributed by atoms with Crippen LogP contribution in [-0.4, -0.2) is 54.4 Å². The number of carbonyl (C=O) groups is 2. The van der Waals surface area contributed by atoms with Gasteiger partial charge < -0.3 is 15.0 Å². The van der Waals surface area contributed by atoms with Crippen molar-refractivity contribution in [2.45, 2.75) is 65.1 Å². The number of benzene rings is 2. The van der Waals surface area contributed by atoms with Gasteiger partial charge in [0.15, 0.2) is 0 Å². The van der Waals surface area contributed by atoms with Gasteiger partial charge in [0.1, 0.15) is 5.75 Å². The SMILES string of the molecule is CC(C)N1CC(=O)NCCCCCOc2ccc(CCC(=O)N(C)Cc3ccccc3)cc2C1. The predicted octanol–water partition coefficient (Wildman–Crippen LogP) is 4.17. The lowest BCUT2D eigenvalue weighted by molar-refractivity contribution is -0.130. The summed E-state index contributed by atoms with van der Waals surface area (Å²) in [6, 6.07) is 16.5. The summed E-state index contributed by atoms with van der Waals surface area (Å²) in [5.41, 5.74) is 3.31. The quantitative estimate of drug-likeness (QED) is 0.696. The Morgan fingerprint density at radius 3 is 2.62 bits per heavy atom. The highest BCUT2D eigenvalue weighted by Crippen LogP contribution is 2.24. The molecule has 2 amide bonds. The van der Waals surface area contributed by atoms with Crippen LogP contribution in [0.25, 0.3) is 0 Å². The molecule has 6 heteroatoms.